The normalized spacial score (nSPS) is 10.7. The first-order valence-electron chi connectivity index (χ1n) is 6.32. The van der Waals surface area contributed by atoms with Crippen molar-refractivity contribution in [3.63, 3.8) is 0 Å². The molecule has 3 aromatic rings. The van der Waals surface area contributed by atoms with E-state index in [4.69, 9.17) is 28.5 Å². The smallest absolute Gasteiger partial charge is 0.115 e. The lowest BCUT2D eigenvalue weighted by Gasteiger charge is -2.11. The molecule has 2 heterocycles. The maximum atomic E-state index is 9.09. The molecule has 2 aromatic heterocycles. The summed E-state index contributed by atoms with van der Waals surface area (Å²) >= 11 is 12.2. The molecule has 4 nitrogen and oxygen atoms in total. The van der Waals surface area contributed by atoms with Crippen LogP contribution in [0.4, 0.5) is 0 Å². The number of aromatic nitrogens is 3. The zero-order valence-corrected chi connectivity index (χ0v) is 12.4. The topological polar surface area (TPSA) is 54.5 Å². The molecule has 0 aliphatic heterocycles. The molecule has 6 heteroatoms. The third kappa shape index (κ3) is 2.46. The Hall–Kier alpha value is -2.09. The highest BCUT2D eigenvalue weighted by molar-refractivity contribution is 6.32. The Morgan fingerprint density at radius 1 is 1.29 bits per heavy atom. The fraction of sp³-hybridized carbons (Fsp3) is 0.133. The van der Waals surface area contributed by atoms with Crippen LogP contribution < -0.4 is 0 Å². The summed E-state index contributed by atoms with van der Waals surface area (Å²) in [5.41, 5.74) is 2.94. The van der Waals surface area contributed by atoms with Gasteiger partial charge in [-0.15, -0.1) is 11.6 Å². The average molecular weight is 317 g/mol. The van der Waals surface area contributed by atoms with Crippen molar-refractivity contribution in [1.29, 1.82) is 5.26 Å². The van der Waals surface area contributed by atoms with Gasteiger partial charge in [-0.05, 0) is 24.3 Å². The number of benzene rings is 1. The van der Waals surface area contributed by atoms with Crippen molar-refractivity contribution in [2.24, 2.45) is 0 Å². The molecule has 0 saturated carbocycles. The number of imidazole rings is 1. The Balaban J connectivity index is 2.33. The second-order valence-corrected chi connectivity index (χ2v) is 5.23. The van der Waals surface area contributed by atoms with Crippen LogP contribution in [0.3, 0.4) is 0 Å². The van der Waals surface area contributed by atoms with Crippen LogP contribution in [0.1, 0.15) is 11.4 Å². The highest BCUT2D eigenvalue weighted by Gasteiger charge is 2.15. The molecule has 0 aliphatic rings. The van der Waals surface area contributed by atoms with Gasteiger partial charge in [0.25, 0.3) is 0 Å². The minimum atomic E-state index is 0.451. The number of hydrogen-bond acceptors (Lipinski definition) is 3. The molecule has 0 unspecified atom stereocenters. The molecule has 0 fully saturated rings. The highest BCUT2D eigenvalue weighted by atomic mass is 35.5. The zero-order chi connectivity index (χ0) is 14.8. The lowest BCUT2D eigenvalue weighted by Crippen LogP contribution is -2.03. The first kappa shape index (κ1) is 13.9. The van der Waals surface area contributed by atoms with Gasteiger partial charge in [0.05, 0.1) is 34.1 Å². The molecule has 0 aliphatic carbocycles. The van der Waals surface area contributed by atoms with Crippen LogP contribution in [-0.2, 0) is 6.42 Å². The van der Waals surface area contributed by atoms with Gasteiger partial charge in [-0.25, -0.2) is 4.98 Å². The van der Waals surface area contributed by atoms with Crippen molar-refractivity contribution in [2.45, 2.75) is 6.42 Å². The van der Waals surface area contributed by atoms with Crippen molar-refractivity contribution >= 4 is 34.2 Å². The van der Waals surface area contributed by atoms with Crippen LogP contribution in [-0.4, -0.2) is 20.4 Å². The van der Waals surface area contributed by atoms with Gasteiger partial charge in [-0.3, -0.25) is 9.55 Å². The van der Waals surface area contributed by atoms with Crippen LogP contribution in [0.2, 0.25) is 5.02 Å². The van der Waals surface area contributed by atoms with E-state index < -0.39 is 0 Å². The molecule has 1 aromatic carbocycles. The van der Waals surface area contributed by atoms with E-state index in [0.29, 0.717) is 22.9 Å². The van der Waals surface area contributed by atoms with E-state index in [1.807, 2.05) is 10.6 Å². The highest BCUT2D eigenvalue weighted by Crippen LogP contribution is 2.27. The monoisotopic (exact) mass is 316 g/mol. The largest absolute Gasteiger partial charge is 0.295 e. The van der Waals surface area contributed by atoms with E-state index in [9.17, 15) is 0 Å². The molecule has 0 amide bonds. The van der Waals surface area contributed by atoms with E-state index in [2.05, 4.69) is 16.0 Å². The molecule has 0 saturated heterocycles. The van der Waals surface area contributed by atoms with E-state index in [1.54, 1.807) is 30.6 Å². The molecule has 0 bridgehead atoms. The Kier molecular flexibility index (Phi) is 3.78. The van der Waals surface area contributed by atoms with E-state index in [1.165, 1.54) is 0 Å². The fourth-order valence-electron chi connectivity index (χ4n) is 2.26. The van der Waals surface area contributed by atoms with Gasteiger partial charge in [0.2, 0.25) is 0 Å². The molecule has 21 heavy (non-hydrogen) atoms. The number of aryl methyl sites for hydroxylation is 1. The van der Waals surface area contributed by atoms with Gasteiger partial charge < -0.3 is 0 Å². The predicted molar refractivity (Wildman–Crippen MR) is 83.0 cm³/mol. The Labute approximate surface area is 131 Å². The van der Waals surface area contributed by atoms with Gasteiger partial charge in [-0.2, -0.15) is 5.26 Å². The number of nitriles is 1. The van der Waals surface area contributed by atoms with E-state index in [-0.39, 0.29) is 0 Å². The molecular weight excluding hydrogens is 307 g/mol. The lowest BCUT2D eigenvalue weighted by atomic mass is 10.2. The quantitative estimate of drug-likeness (QED) is 0.692. The third-order valence-corrected chi connectivity index (χ3v) is 3.67. The first-order valence-corrected chi connectivity index (χ1v) is 7.23. The molecule has 0 radical (unpaired) electrons. The Morgan fingerprint density at radius 2 is 2.14 bits per heavy atom. The van der Waals surface area contributed by atoms with E-state index >= 15 is 0 Å². The Morgan fingerprint density at radius 3 is 2.90 bits per heavy atom. The van der Waals surface area contributed by atoms with Gasteiger partial charge in [0.15, 0.2) is 0 Å². The van der Waals surface area contributed by atoms with Gasteiger partial charge >= 0.3 is 0 Å². The summed E-state index contributed by atoms with van der Waals surface area (Å²) in [6, 6.07) is 9.15. The van der Waals surface area contributed by atoms with Gasteiger partial charge in [-0.1, -0.05) is 11.6 Å². The molecule has 104 valence electrons. The summed E-state index contributed by atoms with van der Waals surface area (Å²) in [6.07, 6.45) is 4.00. The number of pyridine rings is 1. The van der Waals surface area contributed by atoms with Crippen LogP contribution >= 0.6 is 23.2 Å². The van der Waals surface area contributed by atoms with E-state index in [0.717, 1.165) is 22.5 Å². The predicted octanol–water partition coefficient (Wildman–Crippen LogP) is 3.73. The average Bonchev–Trinajstić information content (AvgIpc) is 2.86. The number of fused-ring (bicyclic) bond motifs is 1. The summed E-state index contributed by atoms with van der Waals surface area (Å²) < 4.78 is 1.93. The molecule has 3 rings (SSSR count). The summed E-state index contributed by atoms with van der Waals surface area (Å²) in [7, 11) is 0. The lowest BCUT2D eigenvalue weighted by molar-refractivity contribution is 0.912. The summed E-state index contributed by atoms with van der Waals surface area (Å²) in [5.74, 6) is 1.25. The molecular formula is C15H10Cl2N4. The summed E-state index contributed by atoms with van der Waals surface area (Å²) in [5, 5.41) is 9.64. The maximum absolute atomic E-state index is 9.09. The fourth-order valence-corrected chi connectivity index (χ4v) is 2.63. The standard InChI is InChI=1S/C15H10Cl2N4/c16-5-3-15-20-12-9-19-6-4-13(12)21(15)14-7-10(8-18)1-2-11(14)17/h1-2,4,6-7,9H,3,5H2. The summed E-state index contributed by atoms with van der Waals surface area (Å²) in [6.45, 7) is 0. The second kappa shape index (κ2) is 5.72. The number of halogens is 2. The van der Waals surface area contributed by atoms with Crippen molar-refractivity contribution in [3.8, 4) is 11.8 Å². The van der Waals surface area contributed by atoms with Crippen molar-refractivity contribution in [2.75, 3.05) is 5.88 Å². The third-order valence-electron chi connectivity index (χ3n) is 3.16. The van der Waals surface area contributed by atoms with Crippen LogP contribution in [0.5, 0.6) is 0 Å². The van der Waals surface area contributed by atoms with Gasteiger partial charge in [0.1, 0.15) is 11.3 Å². The first-order chi connectivity index (χ1) is 10.2. The molecule has 0 spiro atoms. The zero-order valence-electron chi connectivity index (χ0n) is 10.9. The number of rotatable bonds is 3. The minimum absolute atomic E-state index is 0.451. The van der Waals surface area contributed by atoms with Crippen molar-refractivity contribution in [3.05, 3.63) is 53.1 Å². The summed E-state index contributed by atoms with van der Waals surface area (Å²) in [4.78, 5) is 8.63. The van der Waals surface area contributed by atoms with Crippen molar-refractivity contribution in [1.82, 2.24) is 14.5 Å². The number of alkyl halides is 1. The maximum Gasteiger partial charge on any atom is 0.115 e. The number of hydrogen-bond donors (Lipinski definition) is 0. The Bertz CT molecular complexity index is 848. The van der Waals surface area contributed by atoms with Gasteiger partial charge in [0, 0.05) is 18.5 Å². The molecule has 0 atom stereocenters. The molecule has 0 N–H and O–H groups in total. The minimum Gasteiger partial charge on any atom is -0.295 e. The van der Waals surface area contributed by atoms with Crippen molar-refractivity contribution < 1.29 is 0 Å². The second-order valence-electron chi connectivity index (χ2n) is 4.44. The number of nitrogens with zero attached hydrogens (tertiary/aromatic N) is 4. The van der Waals surface area contributed by atoms with Crippen LogP contribution in [0.15, 0.2) is 36.7 Å². The SMILES string of the molecule is N#Cc1ccc(Cl)c(-n2c(CCCl)nc3cnccc32)c1. The van der Waals surface area contributed by atoms with Crippen LogP contribution in [0, 0.1) is 11.3 Å². The van der Waals surface area contributed by atoms with Crippen LogP contribution in [0.25, 0.3) is 16.7 Å².